The number of halogens is 3. The Morgan fingerprint density at radius 2 is 1.12 bits per heavy atom. The Morgan fingerprint density at radius 1 is 0.720 bits per heavy atom. The van der Waals surface area contributed by atoms with Gasteiger partial charge in [-0.2, -0.15) is 11.1 Å². The standard InChI is InChI=1S/C21H21.3ClH.Ti/c1-15-14-20(17(3)16(15)2)21(18-10-6-4-7-11-18)19-12-8-5-9-13-19;;;;/h4-13,20-21H,1-3H3;3*1H;/q-1;;;;+4/p-3. The Hall–Kier alpha value is -0.496. The largest absolute Gasteiger partial charge is 4.00 e. The predicted octanol–water partition coefficient (Wildman–Crippen LogP) is -3.46. The molecule has 1 aliphatic carbocycles. The second-order valence-electron chi connectivity index (χ2n) is 5.85. The third-order valence-corrected chi connectivity index (χ3v) is 4.64. The van der Waals surface area contributed by atoms with E-state index in [4.69, 9.17) is 0 Å². The van der Waals surface area contributed by atoms with E-state index in [2.05, 4.69) is 87.5 Å². The molecule has 0 heterocycles. The van der Waals surface area contributed by atoms with Gasteiger partial charge in [0.05, 0.1) is 0 Å². The number of hydrogen-bond acceptors (Lipinski definition) is 0. The molecule has 0 aliphatic heterocycles. The maximum absolute atomic E-state index is 3.69. The summed E-state index contributed by atoms with van der Waals surface area (Å²) in [4.78, 5) is 0. The Bertz CT molecular complexity index is 654. The van der Waals surface area contributed by atoms with E-state index in [0.29, 0.717) is 11.8 Å². The summed E-state index contributed by atoms with van der Waals surface area (Å²) in [7, 11) is 0. The van der Waals surface area contributed by atoms with Crippen LogP contribution < -0.4 is 37.2 Å². The van der Waals surface area contributed by atoms with Gasteiger partial charge in [0.2, 0.25) is 0 Å². The Balaban J connectivity index is 0. The fraction of sp³-hybridized carbons (Fsp3) is 0.238. The molecule has 2 aromatic carbocycles. The van der Waals surface area contributed by atoms with Crippen LogP contribution in [0.4, 0.5) is 0 Å². The van der Waals surface area contributed by atoms with E-state index < -0.39 is 0 Å². The van der Waals surface area contributed by atoms with Crippen LogP contribution in [0.25, 0.3) is 0 Å². The molecule has 0 bridgehead atoms. The van der Waals surface area contributed by atoms with Gasteiger partial charge in [0, 0.05) is 5.92 Å². The minimum Gasteiger partial charge on any atom is -1.00 e. The maximum Gasteiger partial charge on any atom is 4.00 e. The number of benzene rings is 2. The summed E-state index contributed by atoms with van der Waals surface area (Å²) in [6.07, 6.45) is 3.69. The van der Waals surface area contributed by atoms with Crippen molar-refractivity contribution in [2.45, 2.75) is 26.7 Å². The summed E-state index contributed by atoms with van der Waals surface area (Å²) in [6, 6.07) is 21.6. The first-order valence-electron chi connectivity index (χ1n) is 7.56. The molecule has 1 aliphatic rings. The van der Waals surface area contributed by atoms with E-state index in [1.54, 1.807) is 0 Å². The van der Waals surface area contributed by atoms with Crippen LogP contribution in [0.2, 0.25) is 0 Å². The topological polar surface area (TPSA) is 0 Å². The van der Waals surface area contributed by atoms with Crippen molar-refractivity contribution in [2.24, 2.45) is 5.92 Å². The zero-order valence-electron chi connectivity index (χ0n) is 14.6. The molecule has 0 fully saturated rings. The van der Waals surface area contributed by atoms with E-state index in [0.717, 1.165) is 0 Å². The van der Waals surface area contributed by atoms with Crippen molar-refractivity contribution >= 4 is 0 Å². The molecule has 0 saturated carbocycles. The summed E-state index contributed by atoms with van der Waals surface area (Å²) < 4.78 is 0. The average Bonchev–Trinajstić information content (AvgIpc) is 2.78. The van der Waals surface area contributed by atoms with Crippen LogP contribution in [0.3, 0.4) is 0 Å². The van der Waals surface area contributed by atoms with Gasteiger partial charge < -0.3 is 37.2 Å². The minimum absolute atomic E-state index is 0. The van der Waals surface area contributed by atoms with E-state index in [9.17, 15) is 0 Å². The predicted molar refractivity (Wildman–Crippen MR) is 89.0 cm³/mol. The molecule has 25 heavy (non-hydrogen) atoms. The third kappa shape index (κ3) is 5.74. The Kier molecular flexibility index (Phi) is 12.8. The van der Waals surface area contributed by atoms with Gasteiger partial charge in [0.25, 0.3) is 0 Å². The molecule has 0 N–H and O–H groups in total. The van der Waals surface area contributed by atoms with Gasteiger partial charge in [-0.25, -0.2) is 5.57 Å². The SMILES string of the molecule is CC1=[C-]C(C(c2ccccc2)c2ccccc2)C(C)=C1C.[Cl-].[Cl-].[Cl-].[Ti+4]. The van der Waals surface area contributed by atoms with E-state index in [1.165, 1.54) is 27.8 Å². The normalized spacial score (nSPS) is 15.4. The smallest absolute Gasteiger partial charge is 1.00 e. The molecular weight excluding hydrogens is 406 g/mol. The molecule has 0 amide bonds. The van der Waals surface area contributed by atoms with Crippen molar-refractivity contribution in [3.8, 4) is 0 Å². The molecule has 2 aromatic rings. The summed E-state index contributed by atoms with van der Waals surface area (Å²) in [6.45, 7) is 6.64. The van der Waals surface area contributed by atoms with Crippen molar-refractivity contribution in [2.75, 3.05) is 0 Å². The van der Waals surface area contributed by atoms with Crippen LogP contribution in [0.15, 0.2) is 77.4 Å². The molecule has 0 nitrogen and oxygen atoms in total. The number of allylic oxidation sites excluding steroid dienone is 4. The second-order valence-corrected chi connectivity index (χ2v) is 5.85. The van der Waals surface area contributed by atoms with E-state index in [1.807, 2.05) is 0 Å². The minimum atomic E-state index is 0. The molecule has 0 aromatic heterocycles. The zero-order valence-corrected chi connectivity index (χ0v) is 18.4. The molecule has 1 unspecified atom stereocenters. The van der Waals surface area contributed by atoms with Crippen LogP contribution in [0.5, 0.6) is 0 Å². The molecular formula is C21H21Cl3Ti. The maximum atomic E-state index is 3.69. The Morgan fingerprint density at radius 3 is 1.44 bits per heavy atom. The van der Waals surface area contributed by atoms with Crippen molar-refractivity contribution in [3.05, 3.63) is 94.6 Å². The van der Waals surface area contributed by atoms with Crippen molar-refractivity contribution in [3.63, 3.8) is 0 Å². The van der Waals surface area contributed by atoms with Crippen LogP contribution in [-0.2, 0) is 21.7 Å². The number of hydrogen-bond donors (Lipinski definition) is 0. The first-order valence-corrected chi connectivity index (χ1v) is 7.56. The van der Waals surface area contributed by atoms with Crippen molar-refractivity contribution in [1.82, 2.24) is 0 Å². The molecule has 3 rings (SSSR count). The molecule has 130 valence electrons. The molecule has 0 saturated heterocycles. The van der Waals surface area contributed by atoms with Crippen LogP contribution >= 0.6 is 0 Å². The zero-order chi connectivity index (χ0) is 14.8. The Labute approximate surface area is 185 Å². The van der Waals surface area contributed by atoms with Crippen LogP contribution in [0, 0.1) is 12.0 Å². The van der Waals surface area contributed by atoms with E-state index in [-0.39, 0.29) is 58.9 Å². The quantitative estimate of drug-likeness (QED) is 0.353. The summed E-state index contributed by atoms with van der Waals surface area (Å²) in [5.41, 5.74) is 6.88. The van der Waals surface area contributed by atoms with Gasteiger partial charge >= 0.3 is 21.7 Å². The van der Waals surface area contributed by atoms with E-state index >= 15 is 0 Å². The molecule has 0 spiro atoms. The fourth-order valence-electron chi connectivity index (χ4n) is 3.21. The summed E-state index contributed by atoms with van der Waals surface area (Å²) in [5, 5.41) is 0. The van der Waals surface area contributed by atoms with Gasteiger partial charge in [0.1, 0.15) is 0 Å². The van der Waals surface area contributed by atoms with Gasteiger partial charge in [0.15, 0.2) is 0 Å². The summed E-state index contributed by atoms with van der Waals surface area (Å²) >= 11 is 0. The molecule has 4 heteroatoms. The van der Waals surface area contributed by atoms with Crippen molar-refractivity contribution < 1.29 is 58.9 Å². The molecule has 0 radical (unpaired) electrons. The van der Waals surface area contributed by atoms with Gasteiger partial charge in [-0.1, -0.05) is 80.4 Å². The second kappa shape index (κ2) is 12.0. The van der Waals surface area contributed by atoms with Crippen LogP contribution in [0.1, 0.15) is 37.8 Å². The average molecular weight is 428 g/mol. The number of rotatable bonds is 3. The molecule has 1 atom stereocenters. The van der Waals surface area contributed by atoms with Gasteiger partial charge in [-0.15, -0.1) is 6.92 Å². The first-order chi connectivity index (χ1) is 10.2. The third-order valence-electron chi connectivity index (χ3n) is 4.64. The van der Waals surface area contributed by atoms with Crippen LogP contribution in [-0.4, -0.2) is 0 Å². The van der Waals surface area contributed by atoms with Gasteiger partial charge in [-0.05, 0) is 11.1 Å². The van der Waals surface area contributed by atoms with Crippen molar-refractivity contribution in [1.29, 1.82) is 0 Å². The first kappa shape index (κ1) is 26.7. The monoisotopic (exact) mass is 426 g/mol. The fourth-order valence-corrected chi connectivity index (χ4v) is 3.21. The summed E-state index contributed by atoms with van der Waals surface area (Å²) in [5.74, 6) is 0.689. The van der Waals surface area contributed by atoms with Gasteiger partial charge in [-0.3, -0.25) is 6.08 Å².